The van der Waals surface area contributed by atoms with E-state index < -0.39 is 35.6 Å². The number of halogens is 1. The molecule has 0 aromatic heterocycles. The number of hydrogen-bond acceptors (Lipinski definition) is 5. The fourth-order valence-electron chi connectivity index (χ4n) is 5.75. The number of carboxylic acids is 1. The summed E-state index contributed by atoms with van der Waals surface area (Å²) in [6, 6.07) is 5.91. The number of aliphatic carboxylic acids is 1. The van der Waals surface area contributed by atoms with E-state index >= 15 is 0 Å². The molecule has 0 radical (unpaired) electrons. The number of rotatable bonds is 10. The SMILES string of the molecule is C=CCN(C(=O)C1N(CCCCCO)C(=O)[C@@H]2[C@H](C(=O)O)[C@@H]3CCC12O3)c1ccc(Cl)cc1. The van der Waals surface area contributed by atoms with Crippen LogP contribution in [0.25, 0.3) is 0 Å². The summed E-state index contributed by atoms with van der Waals surface area (Å²) < 4.78 is 6.23. The molecule has 4 rings (SSSR count). The lowest BCUT2D eigenvalue weighted by atomic mass is 9.70. The highest BCUT2D eigenvalue weighted by molar-refractivity contribution is 6.30. The van der Waals surface area contributed by atoms with Gasteiger partial charge in [-0.05, 0) is 56.4 Å². The number of fused-ring (bicyclic) bond motifs is 1. The molecular formula is C24H29ClN2O6. The number of aliphatic hydroxyl groups excluding tert-OH is 1. The molecule has 3 aliphatic rings. The van der Waals surface area contributed by atoms with Crippen molar-refractivity contribution < 1.29 is 29.3 Å². The Labute approximate surface area is 197 Å². The number of hydrogen-bond donors (Lipinski definition) is 2. The number of carbonyl (C=O) groups excluding carboxylic acids is 2. The highest BCUT2D eigenvalue weighted by Gasteiger charge is 2.74. The van der Waals surface area contributed by atoms with Crippen molar-refractivity contribution in [3.05, 3.63) is 41.9 Å². The molecule has 9 heteroatoms. The summed E-state index contributed by atoms with van der Waals surface area (Å²) in [5.41, 5.74) is -0.538. The quantitative estimate of drug-likeness (QED) is 0.397. The van der Waals surface area contributed by atoms with Crippen molar-refractivity contribution in [2.45, 2.75) is 49.9 Å². The number of likely N-dealkylation sites (tertiary alicyclic amines) is 1. The number of ether oxygens (including phenoxy) is 1. The fraction of sp³-hybridized carbons (Fsp3) is 0.542. The Balaban J connectivity index is 1.72. The number of anilines is 1. The Morgan fingerprint density at radius 2 is 2.00 bits per heavy atom. The van der Waals surface area contributed by atoms with Gasteiger partial charge >= 0.3 is 5.97 Å². The molecule has 3 aliphatic heterocycles. The highest BCUT2D eigenvalue weighted by atomic mass is 35.5. The number of amides is 2. The maximum Gasteiger partial charge on any atom is 0.310 e. The van der Waals surface area contributed by atoms with Crippen molar-refractivity contribution in [1.82, 2.24) is 4.90 Å². The summed E-state index contributed by atoms with van der Waals surface area (Å²) in [5, 5.41) is 19.5. The van der Waals surface area contributed by atoms with Gasteiger partial charge in [0, 0.05) is 30.4 Å². The monoisotopic (exact) mass is 476 g/mol. The van der Waals surface area contributed by atoms with Crippen molar-refractivity contribution in [3.8, 4) is 0 Å². The predicted octanol–water partition coefficient (Wildman–Crippen LogP) is 2.48. The van der Waals surface area contributed by atoms with Crippen LogP contribution in [0.15, 0.2) is 36.9 Å². The van der Waals surface area contributed by atoms with E-state index in [4.69, 9.17) is 21.4 Å². The van der Waals surface area contributed by atoms with Gasteiger partial charge in [-0.1, -0.05) is 17.7 Å². The van der Waals surface area contributed by atoms with Crippen molar-refractivity contribution in [2.24, 2.45) is 11.8 Å². The minimum atomic E-state index is -1.15. The van der Waals surface area contributed by atoms with Crippen LogP contribution in [-0.2, 0) is 19.1 Å². The minimum absolute atomic E-state index is 0.0540. The van der Waals surface area contributed by atoms with E-state index in [2.05, 4.69) is 6.58 Å². The average Bonchev–Trinajstić information content (AvgIpc) is 3.43. The van der Waals surface area contributed by atoms with Crippen LogP contribution in [-0.4, -0.2) is 70.3 Å². The van der Waals surface area contributed by atoms with Crippen LogP contribution >= 0.6 is 11.6 Å². The van der Waals surface area contributed by atoms with Crippen LogP contribution in [0.5, 0.6) is 0 Å². The van der Waals surface area contributed by atoms with E-state index in [1.54, 1.807) is 35.2 Å². The van der Waals surface area contributed by atoms with Gasteiger partial charge in [0.05, 0.1) is 17.9 Å². The highest BCUT2D eigenvalue weighted by Crippen LogP contribution is 2.58. The lowest BCUT2D eigenvalue weighted by molar-refractivity contribution is -0.149. The van der Waals surface area contributed by atoms with Gasteiger partial charge in [-0.2, -0.15) is 0 Å². The van der Waals surface area contributed by atoms with Crippen LogP contribution in [0, 0.1) is 11.8 Å². The van der Waals surface area contributed by atoms with Gasteiger partial charge in [0.25, 0.3) is 5.91 Å². The van der Waals surface area contributed by atoms with Crippen LogP contribution < -0.4 is 4.90 Å². The Kier molecular flexibility index (Phi) is 6.79. The minimum Gasteiger partial charge on any atom is -0.481 e. The molecule has 8 nitrogen and oxygen atoms in total. The lowest BCUT2D eigenvalue weighted by Gasteiger charge is -2.36. The maximum atomic E-state index is 14.1. The molecule has 0 aliphatic carbocycles. The second-order valence-corrected chi connectivity index (χ2v) is 9.36. The van der Waals surface area contributed by atoms with Gasteiger partial charge < -0.3 is 24.7 Å². The second-order valence-electron chi connectivity index (χ2n) is 8.92. The standard InChI is InChI=1S/C24H29ClN2O6/c1-2-12-26(16-8-6-15(25)7-9-16)22(30)20-24-11-10-17(33-24)18(23(31)32)19(24)21(29)27(20)13-4-3-5-14-28/h2,6-9,17-20,28H,1,3-5,10-14H2,(H,31,32)/t17-,18+,19-,20?,24?/m0/s1. The number of carboxylic acid groups (broad SMARTS) is 1. The molecule has 0 saturated carbocycles. The van der Waals surface area contributed by atoms with Crippen molar-refractivity contribution in [3.63, 3.8) is 0 Å². The van der Waals surface area contributed by atoms with Crippen LogP contribution in [0.4, 0.5) is 5.69 Å². The molecular weight excluding hydrogens is 448 g/mol. The molecule has 33 heavy (non-hydrogen) atoms. The molecule has 178 valence electrons. The van der Waals surface area contributed by atoms with Gasteiger partial charge in [-0.3, -0.25) is 14.4 Å². The van der Waals surface area contributed by atoms with Crippen LogP contribution in [0.2, 0.25) is 5.02 Å². The van der Waals surface area contributed by atoms with E-state index in [0.29, 0.717) is 49.4 Å². The predicted molar refractivity (Wildman–Crippen MR) is 122 cm³/mol. The molecule has 2 unspecified atom stereocenters. The first kappa shape index (κ1) is 23.7. The first-order valence-electron chi connectivity index (χ1n) is 11.4. The van der Waals surface area contributed by atoms with E-state index in [1.165, 1.54) is 4.90 Å². The van der Waals surface area contributed by atoms with Gasteiger partial charge in [-0.15, -0.1) is 6.58 Å². The smallest absolute Gasteiger partial charge is 0.310 e. The molecule has 2 N–H and O–H groups in total. The van der Waals surface area contributed by atoms with E-state index in [0.717, 1.165) is 0 Å². The third-order valence-corrected chi connectivity index (χ3v) is 7.34. The van der Waals surface area contributed by atoms with Crippen molar-refractivity contribution >= 4 is 35.1 Å². The third-order valence-electron chi connectivity index (χ3n) is 7.09. The van der Waals surface area contributed by atoms with Gasteiger partial charge in [-0.25, -0.2) is 0 Å². The summed E-state index contributed by atoms with van der Waals surface area (Å²) in [4.78, 5) is 42.7. The molecule has 2 amide bonds. The maximum absolute atomic E-state index is 14.1. The van der Waals surface area contributed by atoms with E-state index in [-0.39, 0.29) is 25.0 Å². The second kappa shape index (κ2) is 9.44. The zero-order chi connectivity index (χ0) is 23.8. The Morgan fingerprint density at radius 1 is 1.27 bits per heavy atom. The number of unbranched alkanes of at least 4 members (excludes halogenated alkanes) is 2. The normalized spacial score (nSPS) is 29.9. The molecule has 5 atom stereocenters. The summed E-state index contributed by atoms with van der Waals surface area (Å²) in [7, 11) is 0. The first-order chi connectivity index (χ1) is 15.9. The van der Waals surface area contributed by atoms with Gasteiger partial charge in [0.15, 0.2) is 0 Å². The molecule has 2 bridgehead atoms. The zero-order valence-electron chi connectivity index (χ0n) is 18.4. The molecule has 3 heterocycles. The Bertz CT molecular complexity index is 937. The largest absolute Gasteiger partial charge is 0.481 e. The summed E-state index contributed by atoms with van der Waals surface area (Å²) in [5.74, 6) is -3.54. The molecule has 1 aromatic rings. The van der Waals surface area contributed by atoms with Crippen molar-refractivity contribution in [1.29, 1.82) is 0 Å². The Morgan fingerprint density at radius 3 is 2.64 bits per heavy atom. The first-order valence-corrected chi connectivity index (χ1v) is 11.7. The number of aliphatic hydroxyl groups is 1. The molecule has 3 fully saturated rings. The van der Waals surface area contributed by atoms with Gasteiger partial charge in [0.1, 0.15) is 11.6 Å². The van der Waals surface area contributed by atoms with Crippen LogP contribution in [0.1, 0.15) is 32.1 Å². The summed E-state index contributed by atoms with van der Waals surface area (Å²) >= 11 is 6.02. The fourth-order valence-corrected chi connectivity index (χ4v) is 5.87. The van der Waals surface area contributed by atoms with E-state index in [9.17, 15) is 19.5 Å². The summed E-state index contributed by atoms with van der Waals surface area (Å²) in [6.07, 6.45) is 3.90. The summed E-state index contributed by atoms with van der Waals surface area (Å²) in [6.45, 7) is 4.35. The van der Waals surface area contributed by atoms with E-state index in [1.807, 2.05) is 0 Å². The molecule has 1 spiro atoms. The third kappa shape index (κ3) is 3.94. The average molecular weight is 477 g/mol. The topological polar surface area (TPSA) is 107 Å². The zero-order valence-corrected chi connectivity index (χ0v) is 19.1. The molecule has 1 aromatic carbocycles. The number of benzene rings is 1. The van der Waals surface area contributed by atoms with Gasteiger partial charge in [0.2, 0.25) is 5.91 Å². The lowest BCUT2D eigenvalue weighted by Crippen LogP contribution is -2.56. The molecule has 3 saturated heterocycles. The Hall–Kier alpha value is -2.42. The van der Waals surface area contributed by atoms with Crippen molar-refractivity contribution in [2.75, 3.05) is 24.6 Å². The number of carbonyl (C=O) groups is 3. The van der Waals surface area contributed by atoms with Crippen LogP contribution in [0.3, 0.4) is 0 Å². The number of nitrogens with zero attached hydrogens (tertiary/aromatic N) is 2.